The molecule has 5 aliphatic rings. The highest BCUT2D eigenvalue weighted by molar-refractivity contribution is 6.69. The number of cyclic esters (lactones) is 1. The van der Waals surface area contributed by atoms with Crippen LogP contribution in [0.3, 0.4) is 0 Å². The first-order chi connectivity index (χ1) is 37.4. The molecule has 0 aromatic carbocycles. The van der Waals surface area contributed by atoms with Gasteiger partial charge in [0, 0.05) is 65.0 Å². The quantitative estimate of drug-likeness (QED) is 0.0935. The molecule has 1 unspecified atom stereocenters. The Balaban J connectivity index is 1.45. The van der Waals surface area contributed by atoms with Gasteiger partial charge in [0.2, 0.25) is 5.79 Å². The van der Waals surface area contributed by atoms with Gasteiger partial charge < -0.3 is 52.3 Å². The SMILES string of the molecule is CO[C@H]1C[C@@H]2CC[C@@H](C)[C@@](O)(O2)C(=O)C(=O)N2CCCC(C2)C(=O)O[C@H]([C@H](C)C[C@@H]2CC[C@@H](OC(=O)C3(C)COC(C)(C)OC3)[C@H](OC)C2)CC(=O)[C@H](C)/C=C(\C)[C@@H](O[Si](C)(C)C)[C@@H](OC)C(=O)[C@H](C)C[C@H](C)/C=C/C=C/C=C1C. The zero-order chi connectivity index (χ0) is 59.5. The highest BCUT2D eigenvalue weighted by Gasteiger charge is 2.53. The summed E-state index contributed by atoms with van der Waals surface area (Å²) in [6.45, 7) is 25.1. The smallest absolute Gasteiger partial charge is 0.316 e. The van der Waals surface area contributed by atoms with Crippen LogP contribution in [0, 0.1) is 46.8 Å². The van der Waals surface area contributed by atoms with Crippen molar-refractivity contribution in [2.45, 2.75) is 214 Å². The van der Waals surface area contributed by atoms with Gasteiger partial charge in [0.1, 0.15) is 29.5 Å². The molecule has 0 spiro atoms. The minimum Gasteiger partial charge on any atom is -0.461 e. The summed E-state index contributed by atoms with van der Waals surface area (Å²) in [7, 11) is 2.39. The molecule has 4 aliphatic heterocycles. The van der Waals surface area contributed by atoms with Gasteiger partial charge in [-0.1, -0.05) is 71.1 Å². The maximum atomic E-state index is 14.6. The van der Waals surface area contributed by atoms with Gasteiger partial charge in [-0.15, -0.1) is 0 Å². The molecule has 0 aromatic rings. The number of aliphatic hydroxyl groups is 1. The second-order valence-corrected chi connectivity index (χ2v) is 30.3. The van der Waals surface area contributed by atoms with Crippen molar-refractivity contribution in [3.8, 4) is 0 Å². The number of piperidine rings is 1. The summed E-state index contributed by atoms with van der Waals surface area (Å²) in [6.07, 6.45) is 11.9. The summed E-state index contributed by atoms with van der Waals surface area (Å²) in [5.41, 5.74) is 0.595. The molecule has 1 aliphatic carbocycles. The predicted molar refractivity (Wildman–Crippen MR) is 305 cm³/mol. The van der Waals surface area contributed by atoms with E-state index in [9.17, 15) is 33.9 Å². The van der Waals surface area contributed by atoms with Crippen molar-refractivity contribution in [1.82, 2.24) is 4.90 Å². The lowest BCUT2D eigenvalue weighted by Crippen LogP contribution is -2.59. The Bertz CT molecular complexity index is 2260. The molecule has 1 N–H and O–H groups in total. The largest absolute Gasteiger partial charge is 0.461 e. The molecular weight excluding hydrogens is 1040 g/mol. The predicted octanol–water partition coefficient (Wildman–Crippen LogP) is 9.24. The maximum absolute atomic E-state index is 14.6. The van der Waals surface area contributed by atoms with E-state index in [4.69, 9.17) is 42.3 Å². The molecule has 4 fully saturated rings. The number of esters is 2. The first-order valence-corrected chi connectivity index (χ1v) is 32.8. The van der Waals surface area contributed by atoms with Crippen LogP contribution in [0.2, 0.25) is 19.6 Å². The number of hydrogen-bond acceptors (Lipinski definition) is 16. The van der Waals surface area contributed by atoms with E-state index in [0.717, 1.165) is 5.57 Å². The minimum absolute atomic E-state index is 0.0367. The lowest BCUT2D eigenvalue weighted by molar-refractivity contribution is -0.283. The molecule has 3 saturated heterocycles. The van der Waals surface area contributed by atoms with Crippen molar-refractivity contribution in [1.29, 1.82) is 0 Å². The van der Waals surface area contributed by atoms with Crippen molar-refractivity contribution in [3.63, 3.8) is 0 Å². The van der Waals surface area contributed by atoms with Crippen molar-refractivity contribution in [2.24, 2.45) is 46.8 Å². The number of methoxy groups -OCH3 is 3. The number of ether oxygens (including phenoxy) is 8. The Morgan fingerprint density at radius 3 is 2.15 bits per heavy atom. The Morgan fingerprint density at radius 1 is 0.825 bits per heavy atom. The average Bonchev–Trinajstić information content (AvgIpc) is 3.40. The molecule has 0 aromatic heterocycles. The van der Waals surface area contributed by atoms with Crippen molar-refractivity contribution in [3.05, 3.63) is 47.6 Å². The summed E-state index contributed by atoms with van der Waals surface area (Å²) >= 11 is 0. The second kappa shape index (κ2) is 29.2. The number of nitrogens with zero attached hydrogens (tertiary/aromatic N) is 1. The molecule has 4 heterocycles. The Labute approximate surface area is 478 Å². The van der Waals surface area contributed by atoms with E-state index in [1.807, 2.05) is 83.8 Å². The Morgan fingerprint density at radius 2 is 1.51 bits per heavy atom. The van der Waals surface area contributed by atoms with Gasteiger partial charge >= 0.3 is 11.9 Å². The fraction of sp³-hybridized carbons (Fsp3) is 0.774. The molecule has 15 atom stereocenters. The molecule has 18 heteroatoms. The van der Waals surface area contributed by atoms with Gasteiger partial charge in [-0.05, 0) is 141 Å². The van der Waals surface area contributed by atoms with Gasteiger partial charge in [-0.2, -0.15) is 0 Å². The topological polar surface area (TPSA) is 209 Å². The van der Waals surface area contributed by atoms with Crippen molar-refractivity contribution in [2.75, 3.05) is 47.6 Å². The van der Waals surface area contributed by atoms with Crippen LogP contribution in [0.5, 0.6) is 0 Å². The standard InChI is InChI=1S/C62H99NO16Si/c1-38-21-18-17-19-22-39(2)50(71-11)33-47-26-24-44(7)62(70,78-47)56(66)57(67)63-28-20-23-46(35-63)58(68)76-51(34-48(64)40(3)30-43(6)54(79-80(14,15)16)55(73-13)53(65)42(5)29-38)41(4)31-45-25-27-49(52(32-45)72-12)77-59(69)61(10)36-74-60(8,9)75-37-61/h17-19,21-22,30,38,40-42,44-47,49-52,54-55,70H,20,23-29,31-37H2,1-16H3/b19-17+,21-18+,39-22?,43-30+/t38-,40-,41-,42-,44-,45+,46?,47+,49-,50+,51+,52-,54-,55+,62-/m1/s1. The number of amides is 1. The van der Waals surface area contributed by atoms with Crippen molar-refractivity contribution >= 4 is 43.5 Å². The highest BCUT2D eigenvalue weighted by atomic mass is 28.4. The number of Topliss-reactive ketones (excluding diaryl/α,β-unsaturated/α-hetero) is 3. The molecule has 80 heavy (non-hydrogen) atoms. The van der Waals surface area contributed by atoms with E-state index >= 15 is 0 Å². The highest BCUT2D eigenvalue weighted by Crippen LogP contribution is 2.39. The summed E-state index contributed by atoms with van der Waals surface area (Å²) in [5, 5.41) is 12.0. The molecule has 452 valence electrons. The van der Waals surface area contributed by atoms with Crippen LogP contribution < -0.4 is 0 Å². The zero-order valence-corrected chi connectivity index (χ0v) is 52.2. The fourth-order valence-electron chi connectivity index (χ4n) is 11.9. The van der Waals surface area contributed by atoms with E-state index in [2.05, 4.69) is 6.92 Å². The van der Waals surface area contributed by atoms with Gasteiger partial charge in [0.25, 0.3) is 11.7 Å². The number of allylic oxidation sites excluding steroid dienone is 6. The third kappa shape index (κ3) is 18.1. The van der Waals surface area contributed by atoms with Crippen LogP contribution in [0.15, 0.2) is 47.6 Å². The monoisotopic (exact) mass is 1140 g/mol. The molecule has 5 rings (SSSR count). The summed E-state index contributed by atoms with van der Waals surface area (Å²) < 4.78 is 54.9. The van der Waals surface area contributed by atoms with Gasteiger partial charge in [-0.25, -0.2) is 0 Å². The van der Waals surface area contributed by atoms with E-state index in [0.29, 0.717) is 69.8 Å². The number of hydrogen-bond donors (Lipinski definition) is 1. The van der Waals surface area contributed by atoms with Crippen LogP contribution in [-0.4, -0.2) is 155 Å². The van der Waals surface area contributed by atoms with Crippen LogP contribution in [-0.2, 0) is 71.1 Å². The molecule has 0 radical (unpaired) electrons. The molecule has 17 nitrogen and oxygen atoms in total. The van der Waals surface area contributed by atoms with E-state index < -0.39 is 109 Å². The molecule has 4 bridgehead atoms. The molecule has 1 saturated carbocycles. The summed E-state index contributed by atoms with van der Waals surface area (Å²) in [4.78, 5) is 86.8. The zero-order valence-electron chi connectivity index (χ0n) is 51.2. The number of rotatable bonds is 10. The first kappa shape index (κ1) is 67.1. The lowest BCUT2D eigenvalue weighted by atomic mass is 9.78. The maximum Gasteiger partial charge on any atom is 0.316 e. The summed E-state index contributed by atoms with van der Waals surface area (Å²) in [5.74, 6) is -9.30. The van der Waals surface area contributed by atoms with Crippen LogP contribution >= 0.6 is 0 Å². The third-order valence-electron chi connectivity index (χ3n) is 17.1. The van der Waals surface area contributed by atoms with Crippen molar-refractivity contribution < 1.29 is 76.2 Å². The Kier molecular flexibility index (Phi) is 24.5. The van der Waals surface area contributed by atoms with E-state index in [1.165, 1.54) is 12.0 Å². The Hall–Kier alpha value is -3.72. The molecular formula is C62H99NO16Si. The van der Waals surface area contributed by atoms with E-state index in [-0.39, 0.29) is 68.0 Å². The minimum atomic E-state index is -2.39. The lowest BCUT2D eigenvalue weighted by Gasteiger charge is -2.42. The van der Waals surface area contributed by atoms with Gasteiger partial charge in [0.15, 0.2) is 19.9 Å². The normalized spacial score (nSPS) is 37.0. The molecule has 1 amide bonds. The van der Waals surface area contributed by atoms with Crippen LogP contribution in [0.1, 0.15) is 140 Å². The first-order valence-electron chi connectivity index (χ1n) is 29.4. The number of ketones is 3. The van der Waals surface area contributed by atoms with Gasteiger partial charge in [0.05, 0.1) is 43.5 Å². The van der Waals surface area contributed by atoms with Crippen LogP contribution in [0.4, 0.5) is 0 Å². The van der Waals surface area contributed by atoms with Crippen LogP contribution in [0.25, 0.3) is 0 Å². The number of carbonyl (C=O) groups is 6. The fourth-order valence-corrected chi connectivity index (χ4v) is 12.9. The van der Waals surface area contributed by atoms with Gasteiger partial charge in [-0.3, -0.25) is 28.8 Å². The number of carbonyl (C=O) groups excluding carboxylic acids is 6. The second-order valence-electron chi connectivity index (χ2n) is 25.8. The number of fused-ring (bicyclic) bond motifs is 4. The van der Waals surface area contributed by atoms with E-state index in [1.54, 1.807) is 48.8 Å². The third-order valence-corrected chi connectivity index (χ3v) is 18.1. The summed E-state index contributed by atoms with van der Waals surface area (Å²) in [6, 6.07) is 0. The average molecular weight is 1140 g/mol.